The Balaban J connectivity index is 2.73. The fourth-order valence-corrected chi connectivity index (χ4v) is 1.03. The van der Waals surface area contributed by atoms with Crippen molar-refractivity contribution < 1.29 is 18.0 Å². The van der Waals surface area contributed by atoms with Crippen LogP contribution in [0.5, 0.6) is 0 Å². The predicted octanol–water partition coefficient (Wildman–Crippen LogP) is 1.63. The second-order valence-electron chi connectivity index (χ2n) is 2.95. The van der Waals surface area contributed by atoms with Crippen molar-refractivity contribution in [3.05, 3.63) is 35.1 Å². The SMILES string of the molecule is N#CCC(=O)NCc1ccc(F)c(F)c1F. The Hall–Kier alpha value is -2.03. The zero-order valence-corrected chi connectivity index (χ0v) is 8.06. The Morgan fingerprint density at radius 3 is 2.62 bits per heavy atom. The lowest BCUT2D eigenvalue weighted by molar-refractivity contribution is -0.120. The van der Waals surface area contributed by atoms with E-state index in [0.29, 0.717) is 0 Å². The van der Waals surface area contributed by atoms with Gasteiger partial charge in [0.2, 0.25) is 5.91 Å². The lowest BCUT2D eigenvalue weighted by Crippen LogP contribution is -2.22. The number of benzene rings is 1. The second-order valence-corrected chi connectivity index (χ2v) is 2.95. The third-order valence-electron chi connectivity index (χ3n) is 1.83. The smallest absolute Gasteiger partial charge is 0.234 e. The average Bonchev–Trinajstić information content (AvgIpc) is 2.25. The van der Waals surface area contributed by atoms with Crippen molar-refractivity contribution in [3.63, 3.8) is 0 Å². The van der Waals surface area contributed by atoms with Crippen molar-refractivity contribution in [2.45, 2.75) is 13.0 Å². The Labute approximate surface area is 89.5 Å². The van der Waals surface area contributed by atoms with E-state index in [1.807, 2.05) is 0 Å². The molecule has 16 heavy (non-hydrogen) atoms. The van der Waals surface area contributed by atoms with Gasteiger partial charge in [0.25, 0.3) is 0 Å². The zero-order valence-electron chi connectivity index (χ0n) is 8.06. The van der Waals surface area contributed by atoms with Gasteiger partial charge in [0.15, 0.2) is 17.5 Å². The van der Waals surface area contributed by atoms with E-state index in [-0.39, 0.29) is 18.5 Å². The maximum Gasteiger partial charge on any atom is 0.234 e. The first-order chi connectivity index (χ1) is 7.56. The van der Waals surface area contributed by atoms with Gasteiger partial charge in [-0.25, -0.2) is 13.2 Å². The van der Waals surface area contributed by atoms with Gasteiger partial charge in [-0.3, -0.25) is 4.79 Å². The van der Waals surface area contributed by atoms with Gasteiger partial charge in [-0.1, -0.05) is 6.07 Å². The predicted molar refractivity (Wildman–Crippen MR) is 48.4 cm³/mol. The summed E-state index contributed by atoms with van der Waals surface area (Å²) in [6.07, 6.45) is -0.370. The van der Waals surface area contributed by atoms with Gasteiger partial charge in [0.1, 0.15) is 6.42 Å². The van der Waals surface area contributed by atoms with Crippen molar-refractivity contribution in [1.82, 2.24) is 5.32 Å². The molecule has 0 spiro atoms. The van der Waals surface area contributed by atoms with Crippen LogP contribution in [0.2, 0.25) is 0 Å². The molecular formula is C10H7F3N2O. The molecular weight excluding hydrogens is 221 g/mol. The molecule has 0 saturated heterocycles. The molecule has 6 heteroatoms. The number of halogens is 3. The highest BCUT2D eigenvalue weighted by Crippen LogP contribution is 2.14. The summed E-state index contributed by atoms with van der Waals surface area (Å²) < 4.78 is 38.3. The van der Waals surface area contributed by atoms with Crippen molar-refractivity contribution in [1.29, 1.82) is 5.26 Å². The molecule has 84 valence electrons. The molecule has 0 aliphatic rings. The third kappa shape index (κ3) is 2.73. The summed E-state index contributed by atoms with van der Waals surface area (Å²) in [7, 11) is 0. The van der Waals surface area contributed by atoms with Gasteiger partial charge in [0.05, 0.1) is 6.07 Å². The summed E-state index contributed by atoms with van der Waals surface area (Å²) in [6, 6.07) is 3.40. The first kappa shape index (κ1) is 12.0. The van der Waals surface area contributed by atoms with E-state index in [2.05, 4.69) is 5.32 Å². The molecule has 1 aromatic rings. The summed E-state index contributed by atoms with van der Waals surface area (Å²) in [6.45, 7) is -0.288. The van der Waals surface area contributed by atoms with E-state index >= 15 is 0 Å². The summed E-state index contributed by atoms with van der Waals surface area (Å²) in [4.78, 5) is 10.9. The lowest BCUT2D eigenvalue weighted by atomic mass is 10.2. The largest absolute Gasteiger partial charge is 0.351 e. The van der Waals surface area contributed by atoms with Crippen LogP contribution >= 0.6 is 0 Å². The van der Waals surface area contributed by atoms with Crippen LogP contribution in [0.3, 0.4) is 0 Å². The number of nitriles is 1. The summed E-state index contributed by atoms with van der Waals surface area (Å²) in [5.74, 6) is -4.81. The van der Waals surface area contributed by atoms with E-state index < -0.39 is 23.4 Å². The number of hydrogen-bond donors (Lipinski definition) is 1. The number of carbonyl (C=O) groups excluding carboxylic acids is 1. The normalized spacial score (nSPS) is 9.62. The minimum Gasteiger partial charge on any atom is -0.351 e. The highest BCUT2D eigenvalue weighted by Gasteiger charge is 2.13. The van der Waals surface area contributed by atoms with Crippen LogP contribution in [0.4, 0.5) is 13.2 Å². The van der Waals surface area contributed by atoms with Crippen LogP contribution in [-0.2, 0) is 11.3 Å². The molecule has 0 atom stereocenters. The second kappa shape index (κ2) is 5.16. The van der Waals surface area contributed by atoms with Gasteiger partial charge in [0, 0.05) is 12.1 Å². The first-order valence-electron chi connectivity index (χ1n) is 4.32. The molecule has 0 unspecified atom stereocenters. The topological polar surface area (TPSA) is 52.9 Å². The van der Waals surface area contributed by atoms with Crippen LogP contribution in [0.15, 0.2) is 12.1 Å². The molecule has 0 saturated carbocycles. The fraction of sp³-hybridized carbons (Fsp3) is 0.200. The van der Waals surface area contributed by atoms with Crippen molar-refractivity contribution in [2.75, 3.05) is 0 Å². The summed E-state index contributed by atoms with van der Waals surface area (Å²) >= 11 is 0. The van der Waals surface area contributed by atoms with Crippen LogP contribution < -0.4 is 5.32 Å². The lowest BCUT2D eigenvalue weighted by Gasteiger charge is -2.05. The van der Waals surface area contributed by atoms with E-state index in [1.165, 1.54) is 0 Å². The standard InChI is InChI=1S/C10H7F3N2O/c11-7-2-1-6(9(12)10(7)13)5-15-8(16)3-4-14/h1-2H,3,5H2,(H,15,16). The molecule has 1 rings (SSSR count). The zero-order chi connectivity index (χ0) is 12.1. The number of rotatable bonds is 3. The minimum atomic E-state index is -1.58. The number of amides is 1. The van der Waals surface area contributed by atoms with Gasteiger partial charge in [-0.2, -0.15) is 5.26 Å². The van der Waals surface area contributed by atoms with E-state index in [0.717, 1.165) is 12.1 Å². The Morgan fingerprint density at radius 1 is 1.31 bits per heavy atom. The summed E-state index contributed by atoms with van der Waals surface area (Å²) in [5, 5.41) is 10.4. The maximum atomic E-state index is 13.1. The Kier molecular flexibility index (Phi) is 3.89. The molecule has 0 bridgehead atoms. The van der Waals surface area contributed by atoms with E-state index in [4.69, 9.17) is 5.26 Å². The Morgan fingerprint density at radius 2 is 2.00 bits per heavy atom. The molecule has 0 aliphatic carbocycles. The van der Waals surface area contributed by atoms with Gasteiger partial charge in [-0.05, 0) is 6.07 Å². The third-order valence-corrected chi connectivity index (χ3v) is 1.83. The molecule has 1 aromatic carbocycles. The van der Waals surface area contributed by atoms with Crippen LogP contribution in [0, 0.1) is 28.8 Å². The number of nitrogens with one attached hydrogen (secondary N) is 1. The molecule has 0 aliphatic heterocycles. The molecule has 0 radical (unpaired) electrons. The Bertz CT molecular complexity index is 454. The quantitative estimate of drug-likeness (QED) is 0.799. The number of nitrogens with zero attached hydrogens (tertiary/aromatic N) is 1. The van der Waals surface area contributed by atoms with Crippen molar-refractivity contribution in [2.24, 2.45) is 0 Å². The van der Waals surface area contributed by atoms with Gasteiger partial charge in [-0.15, -0.1) is 0 Å². The van der Waals surface area contributed by atoms with E-state index in [9.17, 15) is 18.0 Å². The average molecular weight is 228 g/mol. The molecule has 1 amide bonds. The minimum absolute atomic E-state index is 0.176. The van der Waals surface area contributed by atoms with Crippen LogP contribution in [-0.4, -0.2) is 5.91 Å². The molecule has 0 aromatic heterocycles. The fourth-order valence-electron chi connectivity index (χ4n) is 1.03. The number of carbonyl (C=O) groups is 1. The van der Waals surface area contributed by atoms with Crippen molar-refractivity contribution >= 4 is 5.91 Å². The van der Waals surface area contributed by atoms with Crippen LogP contribution in [0.1, 0.15) is 12.0 Å². The van der Waals surface area contributed by atoms with E-state index in [1.54, 1.807) is 6.07 Å². The molecule has 0 heterocycles. The van der Waals surface area contributed by atoms with Crippen molar-refractivity contribution in [3.8, 4) is 6.07 Å². The molecule has 0 fully saturated rings. The highest BCUT2D eigenvalue weighted by molar-refractivity contribution is 5.77. The molecule has 3 nitrogen and oxygen atoms in total. The highest BCUT2D eigenvalue weighted by atomic mass is 19.2. The number of hydrogen-bond acceptors (Lipinski definition) is 2. The first-order valence-corrected chi connectivity index (χ1v) is 4.32. The maximum absolute atomic E-state index is 13.1. The molecule has 1 N–H and O–H groups in total. The van der Waals surface area contributed by atoms with Gasteiger partial charge < -0.3 is 5.32 Å². The summed E-state index contributed by atoms with van der Waals surface area (Å²) in [5.41, 5.74) is -0.176. The van der Waals surface area contributed by atoms with Crippen LogP contribution in [0.25, 0.3) is 0 Å². The van der Waals surface area contributed by atoms with Gasteiger partial charge >= 0.3 is 0 Å². The monoisotopic (exact) mass is 228 g/mol.